The molecule has 2 unspecified atom stereocenters. The van der Waals surface area contributed by atoms with E-state index in [0.29, 0.717) is 25.3 Å². The van der Waals surface area contributed by atoms with E-state index in [4.69, 9.17) is 11.1 Å². The average molecular weight is 472 g/mol. The second-order valence-electron chi connectivity index (χ2n) is 9.04. The van der Waals surface area contributed by atoms with Crippen molar-refractivity contribution in [2.45, 2.75) is 31.7 Å². The first kappa shape index (κ1) is 24.4. The molecule has 1 aromatic heterocycles. The van der Waals surface area contributed by atoms with Gasteiger partial charge in [0.25, 0.3) is 5.56 Å². The van der Waals surface area contributed by atoms with Gasteiger partial charge in [-0.25, -0.2) is 0 Å². The van der Waals surface area contributed by atoms with Crippen LogP contribution in [0.15, 0.2) is 71.1 Å². The van der Waals surface area contributed by atoms with Crippen molar-refractivity contribution in [3.8, 4) is 0 Å². The molecule has 2 aromatic rings. The summed E-state index contributed by atoms with van der Waals surface area (Å²) in [4.78, 5) is 25.6. The summed E-state index contributed by atoms with van der Waals surface area (Å²) in [5.74, 6) is 0.324. The molecule has 5 N–H and O–H groups in total. The van der Waals surface area contributed by atoms with Gasteiger partial charge in [0.15, 0.2) is 0 Å². The van der Waals surface area contributed by atoms with E-state index in [-0.39, 0.29) is 17.3 Å². The Morgan fingerprint density at radius 2 is 2.09 bits per heavy atom. The molecule has 7 heteroatoms. The molecule has 0 aliphatic heterocycles. The van der Waals surface area contributed by atoms with Crippen molar-refractivity contribution in [3.63, 3.8) is 0 Å². The van der Waals surface area contributed by atoms with E-state index in [1.807, 2.05) is 48.6 Å². The molecule has 1 aromatic carbocycles. The summed E-state index contributed by atoms with van der Waals surface area (Å²) in [5, 5.41) is 14.2. The number of allylic oxidation sites excluding steroid dienone is 2. The van der Waals surface area contributed by atoms with Crippen molar-refractivity contribution in [2.24, 2.45) is 11.7 Å². The molecule has 35 heavy (non-hydrogen) atoms. The SMILES string of the molecule is N=C(N)C1=CCC(CNCC(C=O)n2c3c(cc(NCCc4ccccc4)c2=O)CCC=C3)C=C1. The number of aldehydes is 1. The van der Waals surface area contributed by atoms with Gasteiger partial charge in [-0.15, -0.1) is 0 Å². The number of benzene rings is 1. The fraction of sp³-hybridized carbons (Fsp3) is 0.321. The van der Waals surface area contributed by atoms with Crippen LogP contribution in [0.25, 0.3) is 6.08 Å². The third-order valence-electron chi connectivity index (χ3n) is 6.53. The monoisotopic (exact) mass is 471 g/mol. The Kier molecular flexibility index (Phi) is 8.11. The minimum absolute atomic E-state index is 0.0724. The first-order valence-corrected chi connectivity index (χ1v) is 12.2. The summed E-state index contributed by atoms with van der Waals surface area (Å²) < 4.78 is 1.64. The van der Waals surface area contributed by atoms with Crippen molar-refractivity contribution < 1.29 is 4.79 Å². The molecule has 7 nitrogen and oxygen atoms in total. The Morgan fingerprint density at radius 3 is 2.80 bits per heavy atom. The van der Waals surface area contributed by atoms with Gasteiger partial charge in [0.2, 0.25) is 0 Å². The molecule has 0 bridgehead atoms. The maximum absolute atomic E-state index is 13.5. The standard InChI is InChI=1S/C28H33N5O2/c29-27(30)22-12-10-21(11-13-22)17-31-18-24(19-34)33-26-9-5-4-8-23(26)16-25(28(33)35)32-15-14-20-6-2-1-3-7-20/h1-3,5-7,9-10,12-13,16,19,21,24,31-32H,4,8,11,14-15,17-18H2,(H3,29,30). The third-order valence-corrected chi connectivity index (χ3v) is 6.53. The molecule has 2 atom stereocenters. The van der Waals surface area contributed by atoms with Gasteiger partial charge in [-0.1, -0.05) is 54.6 Å². The van der Waals surface area contributed by atoms with Crippen LogP contribution in [0.4, 0.5) is 5.69 Å². The number of hydrogen-bond acceptors (Lipinski definition) is 5. The summed E-state index contributed by atoms with van der Waals surface area (Å²) in [6.07, 6.45) is 14.1. The van der Waals surface area contributed by atoms with E-state index in [0.717, 1.165) is 48.8 Å². The van der Waals surface area contributed by atoms with Gasteiger partial charge in [0, 0.05) is 30.9 Å². The van der Waals surface area contributed by atoms with Crippen molar-refractivity contribution in [3.05, 3.63) is 93.5 Å². The fourth-order valence-corrected chi connectivity index (χ4v) is 4.60. The quantitative estimate of drug-likeness (QED) is 0.228. The molecule has 0 saturated heterocycles. The second-order valence-corrected chi connectivity index (χ2v) is 9.04. The molecule has 0 amide bonds. The summed E-state index contributed by atoms with van der Waals surface area (Å²) in [5.41, 5.74) is 9.76. The van der Waals surface area contributed by atoms with Crippen LogP contribution in [-0.2, 0) is 17.6 Å². The number of nitrogens with one attached hydrogen (secondary N) is 3. The highest BCUT2D eigenvalue weighted by Gasteiger charge is 2.21. The van der Waals surface area contributed by atoms with Crippen LogP contribution in [0.2, 0.25) is 0 Å². The van der Waals surface area contributed by atoms with Gasteiger partial charge in [0.1, 0.15) is 23.9 Å². The van der Waals surface area contributed by atoms with E-state index < -0.39 is 6.04 Å². The number of amidine groups is 1. The molecule has 0 saturated carbocycles. The minimum Gasteiger partial charge on any atom is -0.384 e. The molecular weight excluding hydrogens is 438 g/mol. The summed E-state index contributed by atoms with van der Waals surface area (Å²) >= 11 is 0. The molecule has 0 fully saturated rings. The highest BCUT2D eigenvalue weighted by molar-refractivity contribution is 5.97. The maximum atomic E-state index is 13.5. The van der Waals surface area contributed by atoms with E-state index in [1.54, 1.807) is 4.57 Å². The Balaban J connectivity index is 1.46. The molecule has 2 aliphatic carbocycles. The minimum atomic E-state index is -0.606. The topological polar surface area (TPSA) is 113 Å². The number of rotatable bonds is 11. The summed E-state index contributed by atoms with van der Waals surface area (Å²) in [6, 6.07) is 11.5. The zero-order valence-electron chi connectivity index (χ0n) is 19.9. The van der Waals surface area contributed by atoms with Crippen molar-refractivity contribution in [1.29, 1.82) is 5.41 Å². The molecular formula is C28H33N5O2. The number of fused-ring (bicyclic) bond motifs is 1. The number of pyridine rings is 1. The fourth-order valence-electron chi connectivity index (χ4n) is 4.60. The zero-order valence-corrected chi connectivity index (χ0v) is 19.9. The van der Waals surface area contributed by atoms with E-state index in [1.165, 1.54) is 5.56 Å². The number of nitrogens with zero attached hydrogens (tertiary/aromatic N) is 1. The number of aromatic nitrogens is 1. The molecule has 2 aliphatic rings. The molecule has 182 valence electrons. The van der Waals surface area contributed by atoms with Gasteiger partial charge in [0.05, 0.1) is 0 Å². The average Bonchev–Trinajstić information content (AvgIpc) is 2.88. The normalized spacial score (nSPS) is 17.4. The number of anilines is 1. The van der Waals surface area contributed by atoms with Crippen molar-refractivity contribution >= 4 is 23.9 Å². The largest absolute Gasteiger partial charge is 0.384 e. The van der Waals surface area contributed by atoms with Gasteiger partial charge in [-0.3, -0.25) is 14.8 Å². The molecule has 1 heterocycles. The van der Waals surface area contributed by atoms with Crippen LogP contribution < -0.4 is 21.9 Å². The molecule has 0 radical (unpaired) electrons. The second kappa shape index (κ2) is 11.6. The van der Waals surface area contributed by atoms with Gasteiger partial charge < -0.3 is 21.2 Å². The molecule has 4 rings (SSSR count). The first-order valence-electron chi connectivity index (χ1n) is 12.2. The Hall–Kier alpha value is -3.71. The summed E-state index contributed by atoms with van der Waals surface area (Å²) in [7, 11) is 0. The van der Waals surface area contributed by atoms with E-state index in [2.05, 4.69) is 28.8 Å². The lowest BCUT2D eigenvalue weighted by Gasteiger charge is -2.24. The number of carbonyl (C=O) groups is 1. The van der Waals surface area contributed by atoms with Gasteiger partial charge in [-0.05, 0) is 54.9 Å². The van der Waals surface area contributed by atoms with Gasteiger partial charge >= 0.3 is 0 Å². The zero-order chi connectivity index (χ0) is 24.6. The number of nitrogens with two attached hydrogens (primary N) is 1. The first-order chi connectivity index (χ1) is 17.1. The Labute approximate surface area is 205 Å². The van der Waals surface area contributed by atoms with Crippen LogP contribution in [0, 0.1) is 11.3 Å². The van der Waals surface area contributed by atoms with Crippen LogP contribution in [-0.4, -0.2) is 36.3 Å². The van der Waals surface area contributed by atoms with Crippen molar-refractivity contribution in [1.82, 2.24) is 9.88 Å². The number of hydrogen-bond donors (Lipinski definition) is 4. The third kappa shape index (κ3) is 6.05. The smallest absolute Gasteiger partial charge is 0.275 e. The highest BCUT2D eigenvalue weighted by atomic mass is 16.1. The number of aryl methyl sites for hydroxylation is 1. The lowest BCUT2D eigenvalue weighted by Crippen LogP contribution is -2.37. The van der Waals surface area contributed by atoms with E-state index >= 15 is 0 Å². The van der Waals surface area contributed by atoms with Crippen LogP contribution in [0.1, 0.15) is 35.7 Å². The lowest BCUT2D eigenvalue weighted by atomic mass is 9.96. The van der Waals surface area contributed by atoms with E-state index in [9.17, 15) is 9.59 Å². The van der Waals surface area contributed by atoms with Crippen molar-refractivity contribution in [2.75, 3.05) is 25.0 Å². The maximum Gasteiger partial charge on any atom is 0.275 e. The predicted molar refractivity (Wildman–Crippen MR) is 142 cm³/mol. The predicted octanol–water partition coefficient (Wildman–Crippen LogP) is 3.23. The van der Waals surface area contributed by atoms with Crippen LogP contribution in [0.3, 0.4) is 0 Å². The Bertz CT molecular complexity index is 1210. The van der Waals surface area contributed by atoms with Crippen LogP contribution in [0.5, 0.6) is 0 Å². The number of carbonyl (C=O) groups excluding carboxylic acids is 1. The van der Waals surface area contributed by atoms with Crippen LogP contribution >= 0.6 is 0 Å². The highest BCUT2D eigenvalue weighted by Crippen LogP contribution is 2.23. The summed E-state index contributed by atoms with van der Waals surface area (Å²) in [6.45, 7) is 1.68. The lowest BCUT2D eigenvalue weighted by molar-refractivity contribution is -0.110. The van der Waals surface area contributed by atoms with Gasteiger partial charge in [-0.2, -0.15) is 0 Å². The molecule has 0 spiro atoms. The Morgan fingerprint density at radius 1 is 1.26 bits per heavy atom.